The maximum absolute atomic E-state index is 12.2. The molecule has 6 nitrogen and oxygen atoms in total. The molecular formula is C14H15N5O. The fraction of sp³-hybridized carbons (Fsp3) is 0.214. The smallest absolute Gasteiger partial charge is 0.278 e. The van der Waals surface area contributed by atoms with Crippen molar-refractivity contribution >= 4 is 22.6 Å². The monoisotopic (exact) mass is 269 g/mol. The van der Waals surface area contributed by atoms with E-state index in [1.54, 1.807) is 0 Å². The summed E-state index contributed by atoms with van der Waals surface area (Å²) in [5, 5.41) is 17.4. The van der Waals surface area contributed by atoms with Gasteiger partial charge in [0.05, 0.1) is 5.52 Å². The quantitative estimate of drug-likeness (QED) is 0.680. The number of hydrogen-bond donors (Lipinski definition) is 3. The van der Waals surface area contributed by atoms with E-state index >= 15 is 0 Å². The highest BCUT2D eigenvalue weighted by molar-refractivity contribution is 6.10. The number of nitrogens with zero attached hydrogens (tertiary/aromatic N) is 2. The van der Waals surface area contributed by atoms with Crippen molar-refractivity contribution in [3.63, 3.8) is 0 Å². The molecule has 0 unspecified atom stereocenters. The molecule has 2 heterocycles. The molecule has 3 N–H and O–H groups in total. The lowest BCUT2D eigenvalue weighted by Crippen LogP contribution is -2.13. The van der Waals surface area contributed by atoms with Crippen molar-refractivity contribution in [2.75, 3.05) is 5.32 Å². The molecule has 102 valence electrons. The summed E-state index contributed by atoms with van der Waals surface area (Å²) >= 11 is 0. The highest BCUT2D eigenvalue weighted by atomic mass is 16.2. The van der Waals surface area contributed by atoms with Crippen LogP contribution >= 0.6 is 0 Å². The van der Waals surface area contributed by atoms with Crippen LogP contribution in [0.2, 0.25) is 0 Å². The van der Waals surface area contributed by atoms with Gasteiger partial charge in [0.15, 0.2) is 11.5 Å². The number of fused-ring (bicyclic) bond motifs is 1. The van der Waals surface area contributed by atoms with Crippen LogP contribution in [0.3, 0.4) is 0 Å². The van der Waals surface area contributed by atoms with Crippen LogP contribution in [-0.2, 0) is 6.42 Å². The van der Waals surface area contributed by atoms with Gasteiger partial charge in [-0.1, -0.05) is 31.5 Å². The van der Waals surface area contributed by atoms with Crippen LogP contribution in [0.15, 0.2) is 30.3 Å². The molecule has 0 fully saturated rings. The summed E-state index contributed by atoms with van der Waals surface area (Å²) in [6.45, 7) is 2.09. The van der Waals surface area contributed by atoms with E-state index in [9.17, 15) is 4.79 Å². The first-order valence-electron chi connectivity index (χ1n) is 6.56. The molecule has 0 spiro atoms. The van der Waals surface area contributed by atoms with Crippen LogP contribution in [0.25, 0.3) is 10.9 Å². The molecule has 0 atom stereocenters. The summed E-state index contributed by atoms with van der Waals surface area (Å²) in [6, 6.07) is 9.36. The Kier molecular flexibility index (Phi) is 3.20. The number of carbonyl (C=O) groups excluding carboxylic acids is 1. The average molecular weight is 269 g/mol. The van der Waals surface area contributed by atoms with Crippen LogP contribution in [0.4, 0.5) is 5.82 Å². The summed E-state index contributed by atoms with van der Waals surface area (Å²) in [6.07, 6.45) is 1.94. The highest BCUT2D eigenvalue weighted by Gasteiger charge is 2.14. The molecular weight excluding hydrogens is 254 g/mol. The molecule has 3 rings (SSSR count). The van der Waals surface area contributed by atoms with Crippen molar-refractivity contribution in [1.29, 1.82) is 0 Å². The second-order valence-electron chi connectivity index (χ2n) is 4.60. The largest absolute Gasteiger partial charge is 0.304 e. The number of para-hydroxylation sites is 1. The SMILES string of the molecule is CCCc1cc(NC(=O)c2n[nH]c3ccccc23)n[nH]1. The first-order chi connectivity index (χ1) is 9.78. The van der Waals surface area contributed by atoms with E-state index < -0.39 is 0 Å². The zero-order valence-corrected chi connectivity index (χ0v) is 11.1. The van der Waals surface area contributed by atoms with Crippen LogP contribution in [0.5, 0.6) is 0 Å². The van der Waals surface area contributed by atoms with E-state index in [-0.39, 0.29) is 5.91 Å². The zero-order chi connectivity index (χ0) is 13.9. The van der Waals surface area contributed by atoms with Crippen LogP contribution < -0.4 is 5.32 Å². The zero-order valence-electron chi connectivity index (χ0n) is 11.1. The lowest BCUT2D eigenvalue weighted by molar-refractivity contribution is 0.102. The molecule has 0 bridgehead atoms. The van der Waals surface area contributed by atoms with E-state index in [0.29, 0.717) is 11.5 Å². The fourth-order valence-corrected chi connectivity index (χ4v) is 2.14. The van der Waals surface area contributed by atoms with Gasteiger partial charge in [0, 0.05) is 17.1 Å². The molecule has 20 heavy (non-hydrogen) atoms. The summed E-state index contributed by atoms with van der Waals surface area (Å²) in [4.78, 5) is 12.2. The highest BCUT2D eigenvalue weighted by Crippen LogP contribution is 2.16. The predicted molar refractivity (Wildman–Crippen MR) is 76.6 cm³/mol. The van der Waals surface area contributed by atoms with Crippen molar-refractivity contribution < 1.29 is 4.79 Å². The Balaban J connectivity index is 1.81. The first kappa shape index (κ1) is 12.4. The van der Waals surface area contributed by atoms with Gasteiger partial charge in [0.1, 0.15) is 0 Å². The minimum Gasteiger partial charge on any atom is -0.304 e. The molecule has 0 aliphatic carbocycles. The van der Waals surface area contributed by atoms with E-state index in [1.807, 2.05) is 30.3 Å². The topological polar surface area (TPSA) is 86.5 Å². The number of aryl methyl sites for hydroxylation is 1. The van der Waals surface area contributed by atoms with Crippen molar-refractivity contribution in [3.8, 4) is 0 Å². The van der Waals surface area contributed by atoms with Crippen molar-refractivity contribution in [2.24, 2.45) is 0 Å². The fourth-order valence-electron chi connectivity index (χ4n) is 2.14. The van der Waals surface area contributed by atoms with Gasteiger partial charge in [-0.25, -0.2) is 0 Å². The maximum Gasteiger partial charge on any atom is 0.278 e. The number of carbonyl (C=O) groups is 1. The Morgan fingerprint density at radius 2 is 2.10 bits per heavy atom. The molecule has 1 aromatic carbocycles. The van der Waals surface area contributed by atoms with Gasteiger partial charge in [-0.15, -0.1) is 0 Å². The molecule has 1 amide bonds. The minimum atomic E-state index is -0.267. The van der Waals surface area contributed by atoms with E-state index in [0.717, 1.165) is 29.4 Å². The lowest BCUT2D eigenvalue weighted by atomic mass is 10.2. The third-order valence-electron chi connectivity index (χ3n) is 3.08. The third-order valence-corrected chi connectivity index (χ3v) is 3.08. The Bertz CT molecular complexity index is 743. The number of H-pyrrole nitrogens is 2. The Morgan fingerprint density at radius 3 is 2.95 bits per heavy atom. The Morgan fingerprint density at radius 1 is 1.25 bits per heavy atom. The molecule has 0 saturated carbocycles. The van der Waals surface area contributed by atoms with E-state index in [2.05, 4.69) is 32.6 Å². The van der Waals surface area contributed by atoms with Gasteiger partial charge in [0.25, 0.3) is 5.91 Å². The van der Waals surface area contributed by atoms with Crippen molar-refractivity contribution in [2.45, 2.75) is 19.8 Å². The first-order valence-corrected chi connectivity index (χ1v) is 6.56. The van der Waals surface area contributed by atoms with Crippen molar-refractivity contribution in [3.05, 3.63) is 41.7 Å². The molecule has 6 heteroatoms. The summed E-state index contributed by atoms with van der Waals surface area (Å²) in [5.74, 6) is 0.252. The van der Waals surface area contributed by atoms with Crippen LogP contribution in [0, 0.1) is 0 Å². The summed E-state index contributed by atoms with van der Waals surface area (Å²) in [7, 11) is 0. The second-order valence-corrected chi connectivity index (χ2v) is 4.60. The lowest BCUT2D eigenvalue weighted by Gasteiger charge is -1.98. The summed E-state index contributed by atoms with van der Waals surface area (Å²) < 4.78 is 0. The number of amides is 1. The number of anilines is 1. The van der Waals surface area contributed by atoms with E-state index in [4.69, 9.17) is 0 Å². The number of hydrogen-bond acceptors (Lipinski definition) is 3. The maximum atomic E-state index is 12.2. The third kappa shape index (κ3) is 2.27. The number of aromatic nitrogens is 4. The van der Waals surface area contributed by atoms with Gasteiger partial charge in [-0.3, -0.25) is 15.0 Å². The standard InChI is InChI=1S/C14H15N5O/c1-2-5-9-8-12(18-16-9)15-14(20)13-10-6-3-4-7-11(10)17-19-13/h3-4,6-8H,2,5H2,1H3,(H,17,19)(H2,15,16,18,20). The summed E-state index contributed by atoms with van der Waals surface area (Å²) in [5.41, 5.74) is 2.22. The van der Waals surface area contributed by atoms with Gasteiger partial charge in [-0.05, 0) is 12.5 Å². The molecule has 0 aliphatic rings. The molecule has 3 aromatic rings. The molecule has 0 aliphatic heterocycles. The number of rotatable bonds is 4. The minimum absolute atomic E-state index is 0.267. The number of nitrogens with one attached hydrogen (secondary N) is 3. The van der Waals surface area contributed by atoms with E-state index in [1.165, 1.54) is 0 Å². The Labute approximate surface area is 115 Å². The normalized spacial score (nSPS) is 10.8. The molecule has 0 radical (unpaired) electrons. The van der Waals surface area contributed by atoms with Crippen molar-refractivity contribution in [1.82, 2.24) is 20.4 Å². The predicted octanol–water partition coefficient (Wildman–Crippen LogP) is 2.49. The average Bonchev–Trinajstić information content (AvgIpc) is 3.06. The number of aromatic amines is 2. The molecule has 0 saturated heterocycles. The number of benzene rings is 1. The Hall–Kier alpha value is -2.63. The van der Waals surface area contributed by atoms with Gasteiger partial charge >= 0.3 is 0 Å². The van der Waals surface area contributed by atoms with Gasteiger partial charge in [0.2, 0.25) is 0 Å². The van der Waals surface area contributed by atoms with Gasteiger partial charge < -0.3 is 5.32 Å². The molecule has 2 aromatic heterocycles. The van der Waals surface area contributed by atoms with Crippen LogP contribution in [-0.4, -0.2) is 26.3 Å². The van der Waals surface area contributed by atoms with Gasteiger partial charge in [-0.2, -0.15) is 10.2 Å². The second kappa shape index (κ2) is 5.16. The van der Waals surface area contributed by atoms with Crippen LogP contribution in [0.1, 0.15) is 29.5 Å².